The van der Waals surface area contributed by atoms with Crippen molar-refractivity contribution in [1.29, 1.82) is 10.5 Å². The molecular weight excluding hydrogens is 389 g/mol. The summed E-state index contributed by atoms with van der Waals surface area (Å²) in [6.45, 7) is 0. The fraction of sp³-hybridized carbons (Fsp3) is 0. The molecule has 3 aromatic rings. The molecule has 0 aliphatic carbocycles. The van der Waals surface area contributed by atoms with E-state index in [0.29, 0.717) is 0 Å². The summed E-state index contributed by atoms with van der Waals surface area (Å²) in [5.74, 6) is 0. The number of anilines is 2. The molecule has 0 aromatic heterocycles. The molecule has 0 atom stereocenters. The Morgan fingerprint density at radius 3 is 1.92 bits per heavy atom. The predicted octanol–water partition coefficient (Wildman–Crippen LogP) is 6.80. The minimum absolute atomic E-state index is 0.00481. The third-order valence-corrected chi connectivity index (χ3v) is 5.05. The van der Waals surface area contributed by atoms with Crippen LogP contribution in [0.25, 0.3) is 11.1 Å². The van der Waals surface area contributed by atoms with Gasteiger partial charge >= 0.3 is 0 Å². The van der Waals surface area contributed by atoms with Crippen molar-refractivity contribution in [2.45, 2.75) is 0 Å². The summed E-state index contributed by atoms with van der Waals surface area (Å²) in [5.41, 5.74) is 2.92. The number of nitrogens with zero attached hydrogens (tertiary/aromatic N) is 2. The first-order valence-electron chi connectivity index (χ1n) is 7.50. The minimum Gasteiger partial charge on any atom is -0.352 e. The second-order valence-corrected chi connectivity index (χ2v) is 6.46. The first kappa shape index (κ1) is 18.1. The van der Waals surface area contributed by atoms with E-state index in [1.54, 1.807) is 0 Å². The van der Waals surface area contributed by atoms with Gasteiger partial charge in [-0.3, -0.25) is 0 Å². The molecule has 126 valence electrons. The monoisotopic (exact) mass is 397 g/mol. The van der Waals surface area contributed by atoms with Crippen LogP contribution < -0.4 is 5.32 Å². The summed E-state index contributed by atoms with van der Waals surface area (Å²) in [7, 11) is 0. The summed E-state index contributed by atoms with van der Waals surface area (Å²) < 4.78 is 0. The van der Waals surface area contributed by atoms with Gasteiger partial charge in [0.25, 0.3) is 0 Å². The van der Waals surface area contributed by atoms with Crippen molar-refractivity contribution in [2.24, 2.45) is 0 Å². The second-order valence-electron chi connectivity index (χ2n) is 5.33. The zero-order valence-electron chi connectivity index (χ0n) is 13.2. The molecule has 0 heterocycles. The van der Waals surface area contributed by atoms with E-state index in [9.17, 15) is 10.5 Å². The lowest BCUT2D eigenvalue weighted by Gasteiger charge is -2.17. The molecule has 0 radical (unpaired) electrons. The number of halogens is 3. The molecule has 0 saturated heterocycles. The molecule has 3 aromatic carbocycles. The van der Waals surface area contributed by atoms with E-state index in [4.69, 9.17) is 34.8 Å². The average Bonchev–Trinajstić information content (AvgIpc) is 2.68. The third-order valence-electron chi connectivity index (χ3n) is 3.82. The molecule has 0 spiro atoms. The number of hydrogen-bond donors (Lipinski definition) is 1. The van der Waals surface area contributed by atoms with E-state index in [-0.39, 0.29) is 31.9 Å². The zero-order chi connectivity index (χ0) is 18.7. The van der Waals surface area contributed by atoms with Gasteiger partial charge in [0.15, 0.2) is 0 Å². The topological polar surface area (TPSA) is 59.6 Å². The highest BCUT2D eigenvalue weighted by atomic mass is 35.5. The maximum absolute atomic E-state index is 9.35. The Kier molecular flexibility index (Phi) is 5.35. The van der Waals surface area contributed by atoms with Gasteiger partial charge in [-0.05, 0) is 11.6 Å². The Bertz CT molecular complexity index is 1060. The third kappa shape index (κ3) is 3.21. The molecule has 3 rings (SSSR count). The van der Waals surface area contributed by atoms with Crippen molar-refractivity contribution >= 4 is 46.2 Å². The molecule has 0 aliphatic rings. The predicted molar refractivity (Wildman–Crippen MR) is 106 cm³/mol. The largest absolute Gasteiger partial charge is 0.352 e. The summed E-state index contributed by atoms with van der Waals surface area (Å²) in [5, 5.41) is 21.9. The van der Waals surface area contributed by atoms with Gasteiger partial charge in [-0.1, -0.05) is 83.3 Å². The van der Waals surface area contributed by atoms with E-state index < -0.39 is 0 Å². The molecule has 0 unspecified atom stereocenters. The highest BCUT2D eigenvalue weighted by Crippen LogP contribution is 2.44. The van der Waals surface area contributed by atoms with Gasteiger partial charge in [0.1, 0.15) is 12.1 Å². The van der Waals surface area contributed by atoms with E-state index in [0.717, 1.165) is 16.8 Å². The zero-order valence-corrected chi connectivity index (χ0v) is 15.5. The van der Waals surface area contributed by atoms with E-state index in [1.165, 1.54) is 0 Å². The number of rotatable bonds is 3. The standard InChI is InChI=1S/C20H10Cl3N3/c21-17-14(10-24)15(11-25)18(22)20(19(17)23)26-16-9-5-4-8-13(16)12-6-2-1-3-7-12/h1-9,26H. The molecule has 26 heavy (non-hydrogen) atoms. The van der Waals surface area contributed by atoms with Crippen LogP contribution in [0.3, 0.4) is 0 Å². The maximum atomic E-state index is 9.35. The highest BCUT2D eigenvalue weighted by molar-refractivity contribution is 6.47. The fourth-order valence-corrected chi connectivity index (χ4v) is 3.37. The van der Waals surface area contributed by atoms with E-state index in [1.807, 2.05) is 66.7 Å². The number of benzene rings is 3. The van der Waals surface area contributed by atoms with Crippen molar-refractivity contribution in [2.75, 3.05) is 5.32 Å². The SMILES string of the molecule is N#Cc1c(Cl)c(Cl)c(Nc2ccccc2-c2ccccc2)c(Cl)c1C#N. The average molecular weight is 399 g/mol. The normalized spacial score (nSPS) is 10.0. The maximum Gasteiger partial charge on any atom is 0.102 e. The second kappa shape index (κ2) is 7.68. The summed E-state index contributed by atoms with van der Waals surface area (Å²) in [4.78, 5) is 0. The van der Waals surface area contributed by atoms with Crippen LogP contribution in [-0.4, -0.2) is 0 Å². The lowest BCUT2D eigenvalue weighted by molar-refractivity contribution is 1.42. The Labute approximate surface area is 166 Å². The smallest absolute Gasteiger partial charge is 0.102 e. The molecule has 0 bridgehead atoms. The van der Waals surface area contributed by atoms with E-state index >= 15 is 0 Å². The Morgan fingerprint density at radius 2 is 1.27 bits per heavy atom. The van der Waals surface area contributed by atoms with Crippen LogP contribution in [0.1, 0.15) is 11.1 Å². The van der Waals surface area contributed by atoms with Gasteiger partial charge in [0.2, 0.25) is 0 Å². The number of nitrogens with one attached hydrogen (secondary N) is 1. The van der Waals surface area contributed by atoms with Crippen LogP contribution in [0, 0.1) is 22.7 Å². The molecular formula is C20H10Cl3N3. The minimum atomic E-state index is -0.0361. The van der Waals surface area contributed by atoms with Crippen molar-refractivity contribution in [3.05, 3.63) is 80.8 Å². The lowest BCUT2D eigenvalue weighted by atomic mass is 10.0. The van der Waals surface area contributed by atoms with Gasteiger partial charge in [-0.2, -0.15) is 10.5 Å². The highest BCUT2D eigenvalue weighted by Gasteiger charge is 2.22. The van der Waals surface area contributed by atoms with Gasteiger partial charge in [0.05, 0.1) is 31.9 Å². The number of para-hydroxylation sites is 1. The van der Waals surface area contributed by atoms with Crippen LogP contribution in [0.2, 0.25) is 15.1 Å². The van der Waals surface area contributed by atoms with Crippen molar-refractivity contribution in [1.82, 2.24) is 0 Å². The van der Waals surface area contributed by atoms with Gasteiger partial charge in [-0.25, -0.2) is 0 Å². The van der Waals surface area contributed by atoms with Crippen molar-refractivity contribution < 1.29 is 0 Å². The molecule has 1 N–H and O–H groups in total. The first-order valence-corrected chi connectivity index (χ1v) is 8.64. The molecule has 6 heteroatoms. The lowest BCUT2D eigenvalue weighted by Crippen LogP contribution is -1.99. The molecule has 0 saturated carbocycles. The van der Waals surface area contributed by atoms with Crippen LogP contribution in [0.5, 0.6) is 0 Å². The quantitative estimate of drug-likeness (QED) is 0.493. The summed E-state index contributed by atoms with van der Waals surface area (Å²) >= 11 is 18.8. The Hall–Kier alpha value is -2.69. The summed E-state index contributed by atoms with van der Waals surface area (Å²) in [6, 6.07) is 21.2. The summed E-state index contributed by atoms with van der Waals surface area (Å²) in [6.07, 6.45) is 0. The van der Waals surface area contributed by atoms with Crippen molar-refractivity contribution in [3.63, 3.8) is 0 Å². The Morgan fingerprint density at radius 1 is 0.692 bits per heavy atom. The number of nitriles is 2. The van der Waals surface area contributed by atoms with Crippen LogP contribution >= 0.6 is 34.8 Å². The van der Waals surface area contributed by atoms with Gasteiger partial charge < -0.3 is 5.32 Å². The van der Waals surface area contributed by atoms with Crippen LogP contribution in [-0.2, 0) is 0 Å². The first-order chi connectivity index (χ1) is 12.6. The van der Waals surface area contributed by atoms with Gasteiger partial charge in [-0.15, -0.1) is 0 Å². The molecule has 0 aliphatic heterocycles. The number of hydrogen-bond acceptors (Lipinski definition) is 3. The Balaban J connectivity index is 2.17. The van der Waals surface area contributed by atoms with Crippen LogP contribution in [0.15, 0.2) is 54.6 Å². The fourth-order valence-electron chi connectivity index (χ4n) is 2.58. The van der Waals surface area contributed by atoms with E-state index in [2.05, 4.69) is 5.32 Å². The molecule has 0 fully saturated rings. The van der Waals surface area contributed by atoms with Crippen LogP contribution in [0.4, 0.5) is 11.4 Å². The van der Waals surface area contributed by atoms with Gasteiger partial charge in [0, 0.05) is 11.3 Å². The molecule has 0 amide bonds. The molecule has 3 nitrogen and oxygen atoms in total. The van der Waals surface area contributed by atoms with Crippen molar-refractivity contribution in [3.8, 4) is 23.3 Å².